The van der Waals surface area contributed by atoms with Crippen LogP contribution in [0.25, 0.3) is 0 Å². The van der Waals surface area contributed by atoms with Crippen molar-refractivity contribution in [3.8, 4) is 0 Å². The molecule has 2 heterocycles. The smallest absolute Gasteiger partial charge is 0.389 e. The van der Waals surface area contributed by atoms with Crippen LogP contribution in [0.2, 0.25) is 0 Å². The lowest BCUT2D eigenvalue weighted by Crippen LogP contribution is -2.56. The first-order chi connectivity index (χ1) is 15.4. The predicted octanol–water partition coefficient (Wildman–Crippen LogP) is 4.12. The molecule has 0 spiro atoms. The van der Waals surface area contributed by atoms with Gasteiger partial charge in [0.2, 0.25) is 5.91 Å². The number of hydrogen-bond donors (Lipinski definition) is 2. The number of rotatable bonds is 4. The Balaban J connectivity index is 1.51. The number of hydrogen-bond acceptors (Lipinski definition) is 4. The Kier molecular flexibility index (Phi) is 6.75. The van der Waals surface area contributed by atoms with Gasteiger partial charge in [-0.15, -0.1) is 0 Å². The zero-order valence-corrected chi connectivity index (χ0v) is 19.9. The summed E-state index contributed by atoms with van der Waals surface area (Å²) in [6, 6.07) is 0.490. The first-order valence-electron chi connectivity index (χ1n) is 12.3. The van der Waals surface area contributed by atoms with Gasteiger partial charge in [-0.05, 0) is 76.4 Å². The molecule has 3 atom stereocenters. The molecule has 4 rings (SSSR count). The van der Waals surface area contributed by atoms with Gasteiger partial charge in [-0.3, -0.25) is 4.79 Å². The van der Waals surface area contributed by atoms with Gasteiger partial charge in [0, 0.05) is 44.0 Å². The van der Waals surface area contributed by atoms with Crippen molar-refractivity contribution in [3.63, 3.8) is 0 Å². The van der Waals surface area contributed by atoms with E-state index in [4.69, 9.17) is 4.74 Å². The Morgan fingerprint density at radius 3 is 2.55 bits per heavy atom. The molecular weight excluding hydrogens is 433 g/mol. The van der Waals surface area contributed by atoms with E-state index in [9.17, 15) is 23.1 Å². The minimum absolute atomic E-state index is 0.126. The highest BCUT2D eigenvalue weighted by atomic mass is 19.4. The Hall–Kier alpha value is -1.38. The molecule has 0 radical (unpaired) electrons. The lowest BCUT2D eigenvalue weighted by molar-refractivity contribution is -0.157. The zero-order valence-electron chi connectivity index (χ0n) is 19.9. The standard InChI is InChI=1S/C25H37F3N2O3/c1-16-12-17-5-9-30(15-18(17)13-21(16)25(26,27)28)22(31)24(23(2,3)32)8-4-20(14-24)29-19-6-10-33-11-7-19/h13,16,19-20,29,32H,4-12,14-15H2,1-3H3/t16?,20?,24-/m1/s1. The van der Waals surface area contributed by atoms with E-state index in [2.05, 4.69) is 5.32 Å². The summed E-state index contributed by atoms with van der Waals surface area (Å²) < 4.78 is 45.9. The fourth-order valence-electron chi connectivity index (χ4n) is 6.25. The summed E-state index contributed by atoms with van der Waals surface area (Å²) in [4.78, 5) is 15.6. The van der Waals surface area contributed by atoms with Gasteiger partial charge in [0.1, 0.15) is 0 Å². The van der Waals surface area contributed by atoms with Gasteiger partial charge in [-0.25, -0.2) is 0 Å². The zero-order chi connectivity index (χ0) is 24.0. The first-order valence-corrected chi connectivity index (χ1v) is 12.3. The van der Waals surface area contributed by atoms with E-state index in [1.165, 1.54) is 6.08 Å². The molecule has 2 fully saturated rings. The van der Waals surface area contributed by atoms with Crippen LogP contribution in [0.1, 0.15) is 65.7 Å². The second-order valence-corrected chi connectivity index (χ2v) is 10.9. The number of alkyl halides is 3. The van der Waals surface area contributed by atoms with Gasteiger partial charge >= 0.3 is 6.18 Å². The third-order valence-corrected chi connectivity index (χ3v) is 8.31. The molecule has 1 amide bonds. The third-order valence-electron chi connectivity index (χ3n) is 8.31. The van der Waals surface area contributed by atoms with Gasteiger partial charge in [-0.2, -0.15) is 13.2 Å². The highest BCUT2D eigenvalue weighted by molar-refractivity contribution is 5.85. The van der Waals surface area contributed by atoms with Crippen molar-refractivity contribution in [2.45, 2.75) is 89.6 Å². The minimum atomic E-state index is -4.35. The second-order valence-electron chi connectivity index (χ2n) is 10.9. The average Bonchev–Trinajstić information content (AvgIpc) is 3.17. The molecule has 0 aromatic carbocycles. The van der Waals surface area contributed by atoms with E-state index in [-0.39, 0.29) is 18.5 Å². The molecule has 8 heteroatoms. The van der Waals surface area contributed by atoms with Gasteiger partial charge in [0.15, 0.2) is 0 Å². The van der Waals surface area contributed by atoms with E-state index in [1.807, 2.05) is 0 Å². The number of aliphatic hydroxyl groups is 1. The topological polar surface area (TPSA) is 61.8 Å². The van der Waals surface area contributed by atoms with Crippen LogP contribution in [-0.4, -0.2) is 66.1 Å². The highest BCUT2D eigenvalue weighted by Gasteiger charge is 2.56. The van der Waals surface area contributed by atoms with Crippen molar-refractivity contribution >= 4 is 5.91 Å². The maximum Gasteiger partial charge on any atom is 0.412 e. The molecule has 0 aromatic rings. The summed E-state index contributed by atoms with van der Waals surface area (Å²) in [5.41, 5.74) is -1.01. The largest absolute Gasteiger partial charge is 0.412 e. The molecule has 1 saturated heterocycles. The van der Waals surface area contributed by atoms with Crippen molar-refractivity contribution in [1.29, 1.82) is 0 Å². The van der Waals surface area contributed by atoms with Gasteiger partial charge in [0.25, 0.3) is 0 Å². The SMILES string of the molecule is CC1CC2=C(C=C1C(F)(F)F)CN(C(=O)[C@@]1(C(C)(C)O)CCC(NC3CCOCC3)C1)CC2. The second kappa shape index (κ2) is 9.00. The Morgan fingerprint density at radius 1 is 1.21 bits per heavy atom. The molecule has 4 aliphatic rings. The van der Waals surface area contributed by atoms with E-state index >= 15 is 0 Å². The molecular formula is C25H37F3N2O3. The lowest BCUT2D eigenvalue weighted by Gasteiger charge is -2.44. The van der Waals surface area contributed by atoms with Crippen LogP contribution in [0.5, 0.6) is 0 Å². The normalized spacial score (nSPS) is 32.1. The number of halogens is 3. The Bertz CT molecular complexity index is 824. The predicted molar refractivity (Wildman–Crippen MR) is 119 cm³/mol. The minimum Gasteiger partial charge on any atom is -0.389 e. The lowest BCUT2D eigenvalue weighted by atomic mass is 9.70. The van der Waals surface area contributed by atoms with Crippen molar-refractivity contribution in [3.05, 3.63) is 22.8 Å². The van der Waals surface area contributed by atoms with Gasteiger partial charge in [-0.1, -0.05) is 12.5 Å². The van der Waals surface area contributed by atoms with Crippen LogP contribution in [0.4, 0.5) is 13.2 Å². The number of ether oxygens (including phenoxy) is 1. The Labute approximate surface area is 194 Å². The van der Waals surface area contributed by atoms with E-state index in [1.54, 1.807) is 25.7 Å². The molecule has 2 unspecified atom stereocenters. The number of carbonyl (C=O) groups is 1. The molecule has 2 N–H and O–H groups in total. The Morgan fingerprint density at radius 2 is 1.91 bits per heavy atom. The monoisotopic (exact) mass is 470 g/mol. The van der Waals surface area contributed by atoms with Crippen LogP contribution >= 0.6 is 0 Å². The van der Waals surface area contributed by atoms with E-state index < -0.39 is 28.7 Å². The molecule has 1 saturated carbocycles. The van der Waals surface area contributed by atoms with Crippen LogP contribution in [0.15, 0.2) is 22.8 Å². The fourth-order valence-corrected chi connectivity index (χ4v) is 6.25. The van der Waals surface area contributed by atoms with Crippen molar-refractivity contribution < 1.29 is 27.8 Å². The summed E-state index contributed by atoms with van der Waals surface area (Å²) in [5.74, 6) is -0.682. The molecule has 33 heavy (non-hydrogen) atoms. The summed E-state index contributed by atoms with van der Waals surface area (Å²) in [6.45, 7) is 7.16. The maximum atomic E-state index is 13.9. The highest BCUT2D eigenvalue weighted by Crippen LogP contribution is 2.49. The number of allylic oxidation sites excluding steroid dienone is 1. The van der Waals surface area contributed by atoms with Crippen molar-refractivity contribution in [2.75, 3.05) is 26.3 Å². The van der Waals surface area contributed by atoms with Crippen LogP contribution in [0.3, 0.4) is 0 Å². The third kappa shape index (κ3) is 4.89. The molecule has 2 aliphatic carbocycles. The fraction of sp³-hybridized carbons (Fsp3) is 0.800. The number of carbonyl (C=O) groups excluding carboxylic acids is 1. The van der Waals surface area contributed by atoms with Crippen molar-refractivity contribution in [2.24, 2.45) is 11.3 Å². The summed E-state index contributed by atoms with van der Waals surface area (Å²) >= 11 is 0. The molecule has 2 aliphatic heterocycles. The summed E-state index contributed by atoms with van der Waals surface area (Å²) in [6.07, 6.45) is 1.69. The molecule has 186 valence electrons. The van der Waals surface area contributed by atoms with E-state index in [0.717, 1.165) is 38.0 Å². The number of nitrogens with one attached hydrogen (secondary N) is 1. The first kappa shape index (κ1) is 24.7. The number of amides is 1. The van der Waals surface area contributed by atoms with Crippen LogP contribution < -0.4 is 5.32 Å². The summed E-state index contributed by atoms with van der Waals surface area (Å²) in [5, 5.41) is 14.8. The maximum absolute atomic E-state index is 13.9. The van der Waals surface area contributed by atoms with Crippen LogP contribution in [0, 0.1) is 11.3 Å². The molecule has 0 bridgehead atoms. The molecule has 0 aromatic heterocycles. The van der Waals surface area contributed by atoms with Crippen LogP contribution in [-0.2, 0) is 9.53 Å². The average molecular weight is 471 g/mol. The van der Waals surface area contributed by atoms with Gasteiger partial charge < -0.3 is 20.1 Å². The number of nitrogens with zero attached hydrogens (tertiary/aromatic N) is 1. The van der Waals surface area contributed by atoms with E-state index in [0.29, 0.717) is 43.8 Å². The quantitative estimate of drug-likeness (QED) is 0.649. The van der Waals surface area contributed by atoms with Crippen molar-refractivity contribution in [1.82, 2.24) is 10.2 Å². The van der Waals surface area contributed by atoms with Gasteiger partial charge in [0.05, 0.1) is 11.0 Å². The molecule has 5 nitrogen and oxygen atoms in total. The summed E-state index contributed by atoms with van der Waals surface area (Å²) in [7, 11) is 0.